The first kappa shape index (κ1) is 27.3. The summed E-state index contributed by atoms with van der Waals surface area (Å²) in [5.41, 5.74) is 3.31. The normalized spacial score (nSPS) is 25.3. The summed E-state index contributed by atoms with van der Waals surface area (Å²) >= 11 is 7.64. The van der Waals surface area contributed by atoms with Gasteiger partial charge in [0.05, 0.1) is 35.5 Å². The number of aliphatic hydroxyl groups excluding tert-OH is 1. The first-order valence-corrected chi connectivity index (χ1v) is 15.0. The van der Waals surface area contributed by atoms with Crippen LogP contribution in [0.4, 0.5) is 0 Å². The van der Waals surface area contributed by atoms with Crippen molar-refractivity contribution in [3.63, 3.8) is 0 Å². The van der Waals surface area contributed by atoms with Gasteiger partial charge in [-0.15, -0.1) is 11.3 Å². The van der Waals surface area contributed by atoms with Crippen molar-refractivity contribution in [2.24, 2.45) is 17.0 Å². The Morgan fingerprint density at radius 2 is 2.16 bits per heavy atom. The van der Waals surface area contributed by atoms with Gasteiger partial charge >= 0.3 is 10.3 Å². The maximum Gasteiger partial charge on any atom is 0.333 e. The Labute approximate surface area is 230 Å². The van der Waals surface area contributed by atoms with Crippen molar-refractivity contribution in [3.8, 4) is 0 Å². The van der Waals surface area contributed by atoms with Gasteiger partial charge in [-0.25, -0.2) is 15.1 Å². The largest absolute Gasteiger partial charge is 0.393 e. The summed E-state index contributed by atoms with van der Waals surface area (Å²) in [6.45, 7) is 2.38. The highest BCUT2D eigenvalue weighted by atomic mass is 35.5. The number of nitrogens with two attached hydrogens (primary N) is 1. The second-order valence-corrected chi connectivity index (χ2v) is 12.6. The van der Waals surface area contributed by atoms with Gasteiger partial charge in [-0.2, -0.15) is 8.42 Å². The molecule has 3 heterocycles. The van der Waals surface area contributed by atoms with Gasteiger partial charge in [0.2, 0.25) is 5.78 Å². The first-order valence-electron chi connectivity index (χ1n) is 12.2. The highest BCUT2D eigenvalue weighted by Crippen LogP contribution is 2.42. The molecule has 1 saturated carbocycles. The Morgan fingerprint density at radius 1 is 1.34 bits per heavy atom. The van der Waals surface area contributed by atoms with E-state index in [-0.39, 0.29) is 24.2 Å². The third-order valence-corrected chi connectivity index (χ3v) is 9.07. The molecule has 3 aromatic rings. The smallest absolute Gasteiger partial charge is 0.333 e. The van der Waals surface area contributed by atoms with Gasteiger partial charge in [0.15, 0.2) is 0 Å². The predicted molar refractivity (Wildman–Crippen MR) is 142 cm³/mol. The number of carbonyl (C=O) groups is 1. The topological polar surface area (TPSA) is 142 Å². The van der Waals surface area contributed by atoms with E-state index in [0.29, 0.717) is 47.0 Å². The number of aromatic nitrogens is 2. The van der Waals surface area contributed by atoms with Crippen molar-refractivity contribution in [2.75, 3.05) is 13.2 Å². The molecule has 1 fully saturated rings. The molecule has 0 amide bonds. The molecule has 1 aromatic carbocycles. The number of nitrogens with zero attached hydrogens (tertiary/aromatic N) is 2. The van der Waals surface area contributed by atoms with E-state index < -0.39 is 22.0 Å². The number of ether oxygens (including phenoxy) is 1. The molecule has 4 atom stereocenters. The lowest BCUT2D eigenvalue weighted by Crippen LogP contribution is -2.33. The van der Waals surface area contributed by atoms with Crippen LogP contribution in [-0.2, 0) is 37.7 Å². The maximum atomic E-state index is 13.6. The molecule has 3 N–H and O–H groups in total. The molecular formula is C26H28ClN3O6S2. The Bertz CT molecular complexity index is 1460. The maximum absolute atomic E-state index is 13.6. The molecule has 2 aromatic heterocycles. The molecule has 0 radical (unpaired) electrons. The van der Waals surface area contributed by atoms with Crippen molar-refractivity contribution in [2.45, 2.75) is 44.3 Å². The zero-order valence-corrected chi connectivity index (χ0v) is 23.1. The van der Waals surface area contributed by atoms with E-state index in [2.05, 4.69) is 14.2 Å². The summed E-state index contributed by atoms with van der Waals surface area (Å²) in [6.07, 6.45) is 4.40. The van der Waals surface area contributed by atoms with E-state index in [9.17, 15) is 18.3 Å². The van der Waals surface area contributed by atoms with Crippen LogP contribution in [0.15, 0.2) is 42.2 Å². The van der Waals surface area contributed by atoms with Crippen LogP contribution in [-0.4, -0.2) is 48.6 Å². The van der Waals surface area contributed by atoms with Gasteiger partial charge in [-0.3, -0.25) is 8.98 Å². The number of thiophene rings is 1. The molecule has 2 aliphatic rings. The zero-order chi connectivity index (χ0) is 27.1. The fourth-order valence-corrected chi connectivity index (χ4v) is 6.95. The van der Waals surface area contributed by atoms with Gasteiger partial charge in [-0.1, -0.05) is 17.7 Å². The number of aliphatic hydroxyl groups is 1. The van der Waals surface area contributed by atoms with Crippen molar-refractivity contribution < 1.29 is 27.2 Å². The molecule has 1 aliphatic heterocycles. The Hall–Kier alpha value is -2.25. The van der Waals surface area contributed by atoms with Crippen LogP contribution in [0, 0.1) is 11.8 Å². The van der Waals surface area contributed by atoms with Crippen molar-refractivity contribution in [1.29, 1.82) is 0 Å². The van der Waals surface area contributed by atoms with Crippen molar-refractivity contribution in [3.05, 3.63) is 80.0 Å². The number of hydrogen-bond donors (Lipinski definition) is 2. The van der Waals surface area contributed by atoms with Gasteiger partial charge in [0.1, 0.15) is 11.9 Å². The van der Waals surface area contributed by atoms with E-state index in [1.54, 1.807) is 0 Å². The van der Waals surface area contributed by atoms with Gasteiger partial charge < -0.3 is 9.84 Å². The standard InChI is InChI=1S/C26H28ClN3O6S2/c1-26(21-10-19(27)3-2-16(21)4-5-35-26)18-9-24(37-13-18)25(32)20-11-29-14-30-22(20)7-15-6-17(23(31)8-15)12-36-38(28,33)34/h2-3,9-11,13-15,17,23,31H,4-8,12H2,1H3,(H2,28,33,34)/t15-,17+,23-,26?/m0/s1. The molecule has 202 valence electrons. The van der Waals surface area contributed by atoms with E-state index in [0.717, 1.165) is 17.5 Å². The number of carbonyl (C=O) groups excluding carboxylic acids is 1. The average molecular weight is 578 g/mol. The van der Waals surface area contributed by atoms with Crippen LogP contribution in [0.25, 0.3) is 0 Å². The Balaban J connectivity index is 1.35. The number of benzene rings is 1. The summed E-state index contributed by atoms with van der Waals surface area (Å²) in [5, 5.41) is 17.9. The lowest BCUT2D eigenvalue weighted by Gasteiger charge is -2.36. The van der Waals surface area contributed by atoms with Crippen LogP contribution in [0.1, 0.15) is 57.4 Å². The fraction of sp³-hybridized carbons (Fsp3) is 0.423. The van der Waals surface area contributed by atoms with E-state index in [1.165, 1.54) is 29.4 Å². The molecule has 1 unspecified atom stereocenters. The summed E-state index contributed by atoms with van der Waals surface area (Å²) in [7, 11) is -4.08. The monoisotopic (exact) mass is 577 g/mol. The van der Waals surface area contributed by atoms with Crippen LogP contribution < -0.4 is 5.14 Å². The third-order valence-electron chi connectivity index (χ3n) is 7.44. The molecule has 38 heavy (non-hydrogen) atoms. The van der Waals surface area contributed by atoms with Crippen molar-refractivity contribution >= 4 is 39.0 Å². The molecule has 0 spiro atoms. The minimum absolute atomic E-state index is 0.00442. The van der Waals surface area contributed by atoms with Gasteiger partial charge in [0.25, 0.3) is 0 Å². The number of rotatable bonds is 8. The SMILES string of the molecule is CC1(c2csc(C(=O)c3cncnc3C[C@@H]3C[C@H](COS(N)(=O)=O)[C@@H](O)C3)c2)OCCc2ccc(Cl)cc21. The van der Waals surface area contributed by atoms with Gasteiger partial charge in [0, 0.05) is 17.1 Å². The Kier molecular flexibility index (Phi) is 7.71. The molecule has 0 bridgehead atoms. The fourth-order valence-electron chi connectivity index (χ4n) is 5.45. The number of hydrogen-bond acceptors (Lipinski definition) is 9. The first-order chi connectivity index (χ1) is 18.0. The molecule has 9 nitrogen and oxygen atoms in total. The quantitative estimate of drug-likeness (QED) is 0.388. The van der Waals surface area contributed by atoms with E-state index in [1.807, 2.05) is 36.6 Å². The zero-order valence-electron chi connectivity index (χ0n) is 20.7. The lowest BCUT2D eigenvalue weighted by atomic mass is 9.83. The van der Waals surface area contributed by atoms with Gasteiger partial charge in [-0.05, 0) is 78.8 Å². The van der Waals surface area contributed by atoms with Crippen LogP contribution in [0.3, 0.4) is 0 Å². The average Bonchev–Trinajstić information content (AvgIpc) is 3.50. The number of ketones is 1. The molecular weight excluding hydrogens is 550 g/mol. The predicted octanol–water partition coefficient (Wildman–Crippen LogP) is 3.41. The minimum atomic E-state index is -4.08. The molecule has 12 heteroatoms. The summed E-state index contributed by atoms with van der Waals surface area (Å²) in [6, 6.07) is 7.69. The molecule has 0 saturated heterocycles. The third kappa shape index (κ3) is 5.69. The molecule has 5 rings (SSSR count). The van der Waals surface area contributed by atoms with E-state index >= 15 is 0 Å². The van der Waals surface area contributed by atoms with Crippen molar-refractivity contribution in [1.82, 2.24) is 9.97 Å². The highest BCUT2D eigenvalue weighted by Gasteiger charge is 2.37. The second-order valence-electron chi connectivity index (χ2n) is 9.99. The number of halogens is 1. The number of fused-ring (bicyclic) bond motifs is 1. The summed E-state index contributed by atoms with van der Waals surface area (Å²) in [4.78, 5) is 22.6. The lowest BCUT2D eigenvalue weighted by molar-refractivity contribution is -0.0138. The highest BCUT2D eigenvalue weighted by molar-refractivity contribution is 7.84. The Morgan fingerprint density at radius 3 is 2.95 bits per heavy atom. The summed E-state index contributed by atoms with van der Waals surface area (Å²) in [5.74, 6) is -0.558. The molecule has 1 aliphatic carbocycles. The van der Waals surface area contributed by atoms with E-state index in [4.69, 9.17) is 21.5 Å². The second kappa shape index (κ2) is 10.7. The summed E-state index contributed by atoms with van der Waals surface area (Å²) < 4.78 is 33.2. The van der Waals surface area contributed by atoms with Crippen LogP contribution in [0.5, 0.6) is 0 Å². The van der Waals surface area contributed by atoms with Crippen LogP contribution in [0.2, 0.25) is 5.02 Å². The minimum Gasteiger partial charge on any atom is -0.393 e. The van der Waals surface area contributed by atoms with Crippen LogP contribution >= 0.6 is 22.9 Å².